The lowest BCUT2D eigenvalue weighted by molar-refractivity contribution is 0.174. The molecule has 1 aromatic carbocycles. The first kappa shape index (κ1) is 22.7. The standard InChI is InChI=1S/C18H28O3S.C3H7NS/c1-3-4-5-6-7-8-11-22(19)15(2)12-16-9-10-17-18(13-16)21-14-20-17;1-2-5-3-4-1/h9-10,13,15H,3-8,11-12,14H2,1-2H3;4H,1-3H2. The van der Waals surface area contributed by atoms with Gasteiger partial charge >= 0.3 is 0 Å². The zero-order valence-corrected chi connectivity index (χ0v) is 18.5. The van der Waals surface area contributed by atoms with E-state index in [-0.39, 0.29) is 5.25 Å². The van der Waals surface area contributed by atoms with Crippen LogP contribution in [0.25, 0.3) is 0 Å². The normalized spacial score (nSPS) is 17.3. The van der Waals surface area contributed by atoms with Gasteiger partial charge in [-0.1, -0.05) is 49.8 Å². The van der Waals surface area contributed by atoms with Crippen LogP contribution >= 0.6 is 11.8 Å². The Balaban J connectivity index is 0.000000451. The summed E-state index contributed by atoms with van der Waals surface area (Å²) in [5.41, 5.74) is 1.17. The number of unbranched alkanes of at least 4 members (excludes halogenated alkanes) is 5. The topological polar surface area (TPSA) is 53.5 Å². The van der Waals surface area contributed by atoms with Gasteiger partial charge in [-0.05, 0) is 37.5 Å². The molecule has 0 amide bonds. The summed E-state index contributed by atoms with van der Waals surface area (Å²) in [6.07, 6.45) is 8.32. The largest absolute Gasteiger partial charge is 0.616 e. The molecule has 2 heterocycles. The van der Waals surface area contributed by atoms with Gasteiger partial charge in [-0.25, -0.2) is 0 Å². The predicted octanol–water partition coefficient (Wildman–Crippen LogP) is 4.74. The van der Waals surface area contributed by atoms with Gasteiger partial charge in [-0.2, -0.15) is 0 Å². The Bertz CT molecular complexity index is 519. The van der Waals surface area contributed by atoms with E-state index in [1.165, 1.54) is 55.8 Å². The summed E-state index contributed by atoms with van der Waals surface area (Å²) in [6, 6.07) is 6.01. The summed E-state index contributed by atoms with van der Waals surface area (Å²) in [5, 5.41) is 3.38. The predicted molar refractivity (Wildman–Crippen MR) is 117 cm³/mol. The highest BCUT2D eigenvalue weighted by Crippen LogP contribution is 2.33. The first-order valence-corrected chi connectivity index (χ1v) is 12.8. The van der Waals surface area contributed by atoms with E-state index >= 15 is 0 Å². The molecule has 1 fully saturated rings. The lowest BCUT2D eigenvalue weighted by atomic mass is 10.1. The third-order valence-electron chi connectivity index (χ3n) is 4.74. The maximum atomic E-state index is 12.3. The second kappa shape index (κ2) is 13.6. The molecule has 4 nitrogen and oxygen atoms in total. The molecule has 3 rings (SSSR count). The van der Waals surface area contributed by atoms with Crippen LogP contribution in [0.1, 0.15) is 57.9 Å². The molecule has 2 unspecified atom stereocenters. The number of benzene rings is 1. The Kier molecular flexibility index (Phi) is 11.4. The summed E-state index contributed by atoms with van der Waals surface area (Å²) < 4.78 is 23.0. The number of fused-ring (bicyclic) bond motifs is 1. The van der Waals surface area contributed by atoms with Crippen LogP contribution < -0.4 is 14.8 Å². The van der Waals surface area contributed by atoms with Crippen LogP contribution in [0.3, 0.4) is 0 Å². The summed E-state index contributed by atoms with van der Waals surface area (Å²) in [4.78, 5) is 0. The minimum absolute atomic E-state index is 0.191. The minimum Gasteiger partial charge on any atom is -0.616 e. The van der Waals surface area contributed by atoms with Crippen molar-refractivity contribution >= 4 is 22.9 Å². The van der Waals surface area contributed by atoms with Gasteiger partial charge in [0, 0.05) is 24.6 Å². The quantitative estimate of drug-likeness (QED) is 0.444. The van der Waals surface area contributed by atoms with Gasteiger partial charge in [0.1, 0.15) is 11.0 Å². The van der Waals surface area contributed by atoms with Crippen molar-refractivity contribution in [2.75, 3.05) is 30.7 Å². The van der Waals surface area contributed by atoms with Gasteiger partial charge in [0.15, 0.2) is 11.5 Å². The van der Waals surface area contributed by atoms with Crippen molar-refractivity contribution in [2.24, 2.45) is 0 Å². The van der Waals surface area contributed by atoms with Crippen LogP contribution in [0.5, 0.6) is 11.5 Å². The Morgan fingerprint density at radius 3 is 2.63 bits per heavy atom. The Labute approximate surface area is 172 Å². The number of rotatable bonds is 10. The van der Waals surface area contributed by atoms with Gasteiger partial charge in [-0.15, -0.1) is 11.8 Å². The highest BCUT2D eigenvalue weighted by Gasteiger charge is 2.19. The van der Waals surface area contributed by atoms with Crippen LogP contribution in [0.2, 0.25) is 0 Å². The Hall–Kier alpha value is -0.560. The van der Waals surface area contributed by atoms with E-state index in [1.54, 1.807) is 0 Å². The zero-order valence-electron chi connectivity index (χ0n) is 16.8. The molecule has 2 aliphatic heterocycles. The van der Waals surface area contributed by atoms with E-state index in [0.717, 1.165) is 30.1 Å². The monoisotopic (exact) mass is 413 g/mol. The molecule has 2 atom stereocenters. The van der Waals surface area contributed by atoms with Gasteiger partial charge < -0.3 is 19.3 Å². The molecule has 0 saturated carbocycles. The molecule has 0 aromatic heterocycles. The minimum atomic E-state index is -0.743. The molecule has 1 saturated heterocycles. The smallest absolute Gasteiger partial charge is 0.231 e. The van der Waals surface area contributed by atoms with E-state index in [0.29, 0.717) is 6.79 Å². The average Bonchev–Trinajstić information content (AvgIpc) is 3.38. The highest BCUT2D eigenvalue weighted by atomic mass is 32.2. The van der Waals surface area contributed by atoms with E-state index in [2.05, 4.69) is 19.2 Å². The number of thioether (sulfide) groups is 1. The van der Waals surface area contributed by atoms with Crippen molar-refractivity contribution < 1.29 is 14.0 Å². The highest BCUT2D eigenvalue weighted by molar-refractivity contribution is 7.99. The van der Waals surface area contributed by atoms with Crippen molar-refractivity contribution in [3.05, 3.63) is 23.8 Å². The zero-order chi connectivity index (χ0) is 19.3. The van der Waals surface area contributed by atoms with E-state index in [1.807, 2.05) is 30.0 Å². The van der Waals surface area contributed by atoms with Gasteiger partial charge in [0.25, 0.3) is 0 Å². The molecule has 0 spiro atoms. The Morgan fingerprint density at radius 1 is 1.15 bits per heavy atom. The SMILES string of the molecule is C1CSCN1.CCCCCCCC[S+]([O-])C(C)Cc1ccc2c(c1)OCO2. The van der Waals surface area contributed by atoms with Crippen LogP contribution in [0, 0.1) is 0 Å². The van der Waals surface area contributed by atoms with Gasteiger partial charge in [0.2, 0.25) is 6.79 Å². The molecule has 27 heavy (non-hydrogen) atoms. The summed E-state index contributed by atoms with van der Waals surface area (Å²) in [5.74, 6) is 4.92. The third-order valence-corrected chi connectivity index (χ3v) is 7.39. The van der Waals surface area contributed by atoms with E-state index < -0.39 is 11.2 Å². The molecule has 1 aromatic rings. The van der Waals surface area contributed by atoms with Crippen LogP contribution in [-0.4, -0.2) is 40.5 Å². The third kappa shape index (κ3) is 8.99. The van der Waals surface area contributed by atoms with Crippen molar-refractivity contribution in [1.29, 1.82) is 0 Å². The fourth-order valence-corrected chi connectivity index (χ4v) is 5.07. The molecule has 2 aliphatic rings. The Morgan fingerprint density at radius 2 is 1.93 bits per heavy atom. The summed E-state index contributed by atoms with van der Waals surface area (Å²) >= 11 is 1.22. The van der Waals surface area contributed by atoms with Crippen LogP contribution in [-0.2, 0) is 17.6 Å². The van der Waals surface area contributed by atoms with Crippen molar-refractivity contribution in [1.82, 2.24) is 5.32 Å². The van der Waals surface area contributed by atoms with Crippen molar-refractivity contribution in [3.63, 3.8) is 0 Å². The number of nitrogens with one attached hydrogen (secondary N) is 1. The molecule has 0 aliphatic carbocycles. The number of ether oxygens (including phenoxy) is 2. The van der Waals surface area contributed by atoms with E-state index in [9.17, 15) is 4.55 Å². The van der Waals surface area contributed by atoms with Crippen LogP contribution in [0.15, 0.2) is 18.2 Å². The van der Waals surface area contributed by atoms with Crippen LogP contribution in [0.4, 0.5) is 0 Å². The first-order chi connectivity index (χ1) is 13.2. The molecule has 0 bridgehead atoms. The van der Waals surface area contributed by atoms with E-state index in [4.69, 9.17) is 9.47 Å². The summed E-state index contributed by atoms with van der Waals surface area (Å²) in [7, 11) is 0. The molecule has 6 heteroatoms. The number of hydrogen-bond acceptors (Lipinski definition) is 5. The molecular weight excluding hydrogens is 378 g/mol. The fraction of sp³-hybridized carbons (Fsp3) is 0.714. The first-order valence-electron chi connectivity index (χ1n) is 10.2. The van der Waals surface area contributed by atoms with Gasteiger partial charge in [0.05, 0.1) is 0 Å². The van der Waals surface area contributed by atoms with Crippen molar-refractivity contribution in [3.8, 4) is 11.5 Å². The maximum Gasteiger partial charge on any atom is 0.231 e. The fourth-order valence-electron chi connectivity index (χ4n) is 3.08. The lowest BCUT2D eigenvalue weighted by Crippen LogP contribution is -2.23. The van der Waals surface area contributed by atoms with Gasteiger partial charge in [-0.3, -0.25) is 0 Å². The summed E-state index contributed by atoms with van der Waals surface area (Å²) in [6.45, 7) is 5.83. The average molecular weight is 414 g/mol. The van der Waals surface area contributed by atoms with Crippen molar-refractivity contribution in [2.45, 2.75) is 64.0 Å². The molecule has 1 N–H and O–H groups in total. The molecule has 154 valence electrons. The second-order valence-electron chi connectivity index (χ2n) is 7.11. The second-order valence-corrected chi connectivity index (χ2v) is 10.2. The lowest BCUT2D eigenvalue weighted by Gasteiger charge is -2.18. The molecular formula is C21H35NO3S2. The maximum absolute atomic E-state index is 12.3. The number of hydrogen-bond donors (Lipinski definition) is 1. The molecule has 0 radical (unpaired) electrons.